The van der Waals surface area contributed by atoms with Gasteiger partial charge in [0.05, 0.1) is 0 Å². The van der Waals surface area contributed by atoms with Gasteiger partial charge in [-0.05, 0) is 25.9 Å². The molecule has 1 N–H and O–H groups in total. The van der Waals surface area contributed by atoms with Crippen LogP contribution in [0.5, 0.6) is 0 Å². The molecule has 0 spiro atoms. The second-order valence-electron chi connectivity index (χ2n) is 2.34. The van der Waals surface area contributed by atoms with Crippen molar-refractivity contribution in [3.05, 3.63) is 0 Å². The van der Waals surface area contributed by atoms with E-state index in [0.29, 0.717) is 0 Å². The number of rotatable bonds is 1. The summed E-state index contributed by atoms with van der Waals surface area (Å²) < 4.78 is 0. The van der Waals surface area contributed by atoms with E-state index in [1.54, 1.807) is 0 Å². The van der Waals surface area contributed by atoms with Crippen LogP contribution in [0, 0.1) is 5.92 Å². The average molecular weight is 151 g/mol. The summed E-state index contributed by atoms with van der Waals surface area (Å²) in [5, 5.41) is 13.3. The second kappa shape index (κ2) is 5.13. The summed E-state index contributed by atoms with van der Waals surface area (Å²) >= 11 is 0. The number of hydrogen-bond donors (Lipinski definition) is 1. The summed E-state index contributed by atoms with van der Waals surface area (Å²) in [4.78, 5) is 10.2. The summed E-state index contributed by atoms with van der Waals surface area (Å²) in [5.41, 5.74) is 0. The van der Waals surface area contributed by atoms with Crippen LogP contribution in [0.25, 0.3) is 0 Å². The molecule has 1 aliphatic rings. The van der Waals surface area contributed by atoms with Gasteiger partial charge in [-0.3, -0.25) is 0 Å². The molecule has 1 fully saturated rings. The van der Waals surface area contributed by atoms with Crippen LogP contribution < -0.4 is 40.0 Å². The molecule has 1 heterocycles. The predicted molar refractivity (Wildman–Crippen MR) is 30.6 cm³/mol. The Morgan fingerprint density at radius 2 is 1.90 bits per heavy atom. The third-order valence-electron chi connectivity index (χ3n) is 1.67. The Morgan fingerprint density at radius 3 is 2.20 bits per heavy atom. The molecule has 10 heavy (non-hydrogen) atoms. The molecule has 0 atom stereocenters. The van der Waals surface area contributed by atoms with E-state index in [1.807, 2.05) is 0 Å². The van der Waals surface area contributed by atoms with Gasteiger partial charge >= 0.3 is 29.6 Å². The van der Waals surface area contributed by atoms with Crippen LogP contribution in [0.4, 0.5) is 0 Å². The molecule has 0 radical (unpaired) electrons. The van der Waals surface area contributed by atoms with Crippen molar-refractivity contribution in [1.82, 2.24) is 5.32 Å². The molecule has 0 saturated carbocycles. The molecule has 1 rings (SSSR count). The largest absolute Gasteiger partial charge is 1.00 e. The molecular formula is C6H10NNaO2. The van der Waals surface area contributed by atoms with Gasteiger partial charge in [0.2, 0.25) is 0 Å². The minimum absolute atomic E-state index is 0. The van der Waals surface area contributed by atoms with E-state index in [9.17, 15) is 9.90 Å². The van der Waals surface area contributed by atoms with E-state index < -0.39 is 5.97 Å². The number of carbonyl (C=O) groups excluding carboxylic acids is 1. The minimum atomic E-state index is -0.892. The second-order valence-corrected chi connectivity index (χ2v) is 2.34. The Morgan fingerprint density at radius 1 is 1.40 bits per heavy atom. The first kappa shape index (κ1) is 10.4. The van der Waals surface area contributed by atoms with Gasteiger partial charge in [-0.2, -0.15) is 0 Å². The van der Waals surface area contributed by atoms with Crippen molar-refractivity contribution in [3.8, 4) is 0 Å². The Bertz CT molecular complexity index is 112. The molecule has 0 amide bonds. The summed E-state index contributed by atoms with van der Waals surface area (Å²) in [6.07, 6.45) is 1.45. The molecule has 1 saturated heterocycles. The number of carboxylic acids is 1. The number of carbonyl (C=O) groups is 1. The van der Waals surface area contributed by atoms with Gasteiger partial charge < -0.3 is 15.2 Å². The maximum atomic E-state index is 10.2. The van der Waals surface area contributed by atoms with Gasteiger partial charge in [-0.1, -0.05) is 0 Å². The zero-order valence-electron chi connectivity index (χ0n) is 6.22. The van der Waals surface area contributed by atoms with E-state index in [1.165, 1.54) is 0 Å². The van der Waals surface area contributed by atoms with Crippen LogP contribution in [0.2, 0.25) is 0 Å². The van der Waals surface area contributed by atoms with Crippen LogP contribution >= 0.6 is 0 Å². The van der Waals surface area contributed by atoms with Crippen molar-refractivity contribution in [1.29, 1.82) is 0 Å². The smallest absolute Gasteiger partial charge is 0.550 e. The van der Waals surface area contributed by atoms with Crippen LogP contribution in [0.15, 0.2) is 0 Å². The number of carboxylic acid groups (broad SMARTS) is 1. The van der Waals surface area contributed by atoms with E-state index in [-0.39, 0.29) is 35.5 Å². The number of piperidine rings is 1. The summed E-state index contributed by atoms with van der Waals surface area (Å²) in [5.74, 6) is -1.09. The zero-order chi connectivity index (χ0) is 6.69. The monoisotopic (exact) mass is 151 g/mol. The maximum absolute atomic E-state index is 10.2. The fourth-order valence-corrected chi connectivity index (χ4v) is 1.06. The first-order chi connectivity index (χ1) is 4.30. The van der Waals surface area contributed by atoms with Crippen LogP contribution in [-0.4, -0.2) is 19.1 Å². The van der Waals surface area contributed by atoms with E-state index >= 15 is 0 Å². The molecule has 0 aromatic heterocycles. The average Bonchev–Trinajstić information content (AvgIpc) is 1.90. The van der Waals surface area contributed by atoms with Crippen LogP contribution in [0.3, 0.4) is 0 Å². The van der Waals surface area contributed by atoms with Crippen molar-refractivity contribution in [2.24, 2.45) is 5.92 Å². The van der Waals surface area contributed by atoms with Crippen molar-refractivity contribution < 1.29 is 39.5 Å². The quantitative estimate of drug-likeness (QED) is 0.386. The van der Waals surface area contributed by atoms with Crippen LogP contribution in [-0.2, 0) is 4.79 Å². The molecule has 0 bridgehead atoms. The Labute approximate surface area is 82.5 Å². The van der Waals surface area contributed by atoms with E-state index in [4.69, 9.17) is 0 Å². The van der Waals surface area contributed by atoms with Crippen LogP contribution in [0.1, 0.15) is 12.8 Å². The third kappa shape index (κ3) is 3.01. The Balaban J connectivity index is 0.000000810. The third-order valence-corrected chi connectivity index (χ3v) is 1.67. The van der Waals surface area contributed by atoms with Gasteiger partial charge in [0, 0.05) is 11.9 Å². The van der Waals surface area contributed by atoms with E-state index in [2.05, 4.69) is 5.32 Å². The maximum Gasteiger partial charge on any atom is 1.00 e. The molecule has 52 valence electrons. The fourth-order valence-electron chi connectivity index (χ4n) is 1.06. The topological polar surface area (TPSA) is 52.2 Å². The molecule has 0 unspecified atom stereocenters. The van der Waals surface area contributed by atoms with Crippen molar-refractivity contribution >= 4 is 5.97 Å². The number of nitrogens with one attached hydrogen (secondary N) is 1. The van der Waals surface area contributed by atoms with Gasteiger partial charge in [0.1, 0.15) is 0 Å². The first-order valence-corrected chi connectivity index (χ1v) is 3.22. The first-order valence-electron chi connectivity index (χ1n) is 3.22. The fraction of sp³-hybridized carbons (Fsp3) is 0.833. The van der Waals surface area contributed by atoms with Crippen molar-refractivity contribution in [3.63, 3.8) is 0 Å². The molecule has 0 aliphatic carbocycles. The zero-order valence-corrected chi connectivity index (χ0v) is 8.22. The van der Waals surface area contributed by atoms with Crippen molar-refractivity contribution in [2.75, 3.05) is 13.1 Å². The van der Waals surface area contributed by atoms with Gasteiger partial charge in [-0.15, -0.1) is 0 Å². The molecule has 1 aliphatic heterocycles. The Hall–Kier alpha value is 0.430. The molecule has 3 nitrogen and oxygen atoms in total. The van der Waals surface area contributed by atoms with Gasteiger partial charge in [0.25, 0.3) is 0 Å². The standard InChI is InChI=1S/C6H11NO2.Na/c8-6(9)5-1-3-7-4-2-5;/h5,7H,1-4H2,(H,8,9);/q;+1/p-1. The van der Waals surface area contributed by atoms with E-state index in [0.717, 1.165) is 25.9 Å². The minimum Gasteiger partial charge on any atom is -0.550 e. The summed E-state index contributed by atoms with van der Waals surface area (Å²) in [6, 6.07) is 0. The number of hydrogen-bond acceptors (Lipinski definition) is 3. The molecule has 4 heteroatoms. The predicted octanol–water partition coefficient (Wildman–Crippen LogP) is -4.26. The summed E-state index contributed by atoms with van der Waals surface area (Å²) in [7, 11) is 0. The van der Waals surface area contributed by atoms with Gasteiger partial charge in [0.15, 0.2) is 0 Å². The summed E-state index contributed by atoms with van der Waals surface area (Å²) in [6.45, 7) is 1.64. The van der Waals surface area contributed by atoms with Crippen molar-refractivity contribution in [2.45, 2.75) is 12.8 Å². The Kier molecular flexibility index (Phi) is 5.35. The number of aliphatic carboxylic acids is 1. The molecular weight excluding hydrogens is 141 g/mol. The molecule has 0 aromatic rings. The SMILES string of the molecule is O=C([O-])C1CCNCC1.[Na+]. The normalized spacial score (nSPS) is 19.6. The molecule has 0 aromatic carbocycles. The van der Waals surface area contributed by atoms with Gasteiger partial charge in [-0.25, -0.2) is 0 Å².